The molecule has 1 N–H and O–H groups in total. The third kappa shape index (κ3) is 3.44. The number of benzene rings is 1. The number of carbonyl (C=O) groups excluding carboxylic acids is 1. The number of amides is 1. The van der Waals surface area contributed by atoms with E-state index in [1.807, 2.05) is 4.90 Å². The summed E-state index contributed by atoms with van der Waals surface area (Å²) in [6.45, 7) is 5.21. The van der Waals surface area contributed by atoms with Gasteiger partial charge < -0.3 is 14.7 Å². The van der Waals surface area contributed by atoms with Gasteiger partial charge in [-0.05, 0) is 38.8 Å². The normalized spacial score (nSPS) is 17.4. The molecule has 20 heavy (non-hydrogen) atoms. The molecule has 1 amide bonds. The summed E-state index contributed by atoms with van der Waals surface area (Å²) in [6.07, 6.45) is 4.02. The van der Waals surface area contributed by atoms with E-state index in [0.29, 0.717) is 11.3 Å². The van der Waals surface area contributed by atoms with Crippen LogP contribution in [0.25, 0.3) is 0 Å². The van der Waals surface area contributed by atoms with Crippen molar-refractivity contribution in [2.24, 2.45) is 0 Å². The van der Waals surface area contributed by atoms with Crippen LogP contribution in [0.15, 0.2) is 18.2 Å². The van der Waals surface area contributed by atoms with E-state index in [4.69, 9.17) is 4.74 Å². The molecule has 1 fully saturated rings. The van der Waals surface area contributed by atoms with Gasteiger partial charge in [0.05, 0.1) is 0 Å². The quantitative estimate of drug-likeness (QED) is 0.924. The molecule has 0 bridgehead atoms. The Hall–Kier alpha value is -1.71. The van der Waals surface area contributed by atoms with Gasteiger partial charge in [-0.15, -0.1) is 0 Å². The Morgan fingerprint density at radius 1 is 1.25 bits per heavy atom. The molecule has 1 atom stereocenters. The van der Waals surface area contributed by atoms with Crippen LogP contribution in [-0.4, -0.2) is 35.1 Å². The lowest BCUT2D eigenvalue weighted by atomic mass is 10.2. The number of phenols is 1. The number of rotatable bonds is 3. The first-order valence-electron chi connectivity index (χ1n) is 7.33. The summed E-state index contributed by atoms with van der Waals surface area (Å²) in [7, 11) is 0. The topological polar surface area (TPSA) is 49.8 Å². The van der Waals surface area contributed by atoms with Crippen LogP contribution in [0.2, 0.25) is 0 Å². The average molecular weight is 277 g/mol. The summed E-state index contributed by atoms with van der Waals surface area (Å²) < 4.78 is 5.73. The molecule has 1 saturated heterocycles. The molecule has 1 aliphatic rings. The molecular formula is C16H23NO3. The molecule has 1 aliphatic heterocycles. The van der Waals surface area contributed by atoms with Gasteiger partial charge in [0.2, 0.25) is 0 Å². The first-order chi connectivity index (χ1) is 9.59. The van der Waals surface area contributed by atoms with Crippen molar-refractivity contribution in [1.29, 1.82) is 0 Å². The molecule has 0 radical (unpaired) electrons. The van der Waals surface area contributed by atoms with Crippen LogP contribution in [0.3, 0.4) is 0 Å². The molecule has 0 spiro atoms. The number of likely N-dealkylation sites (tertiary alicyclic amines) is 1. The SMILES string of the molecule is Cc1c(O)cccc1OC(C)C(=O)N1CCCCCC1. The van der Waals surface area contributed by atoms with Crippen molar-refractivity contribution < 1.29 is 14.6 Å². The third-order valence-corrected chi connectivity index (χ3v) is 3.82. The fraction of sp³-hybridized carbons (Fsp3) is 0.562. The molecule has 110 valence electrons. The van der Waals surface area contributed by atoms with Crippen LogP contribution in [0.4, 0.5) is 0 Å². The molecule has 0 aromatic heterocycles. The highest BCUT2D eigenvalue weighted by Gasteiger charge is 2.23. The van der Waals surface area contributed by atoms with Gasteiger partial charge in [-0.25, -0.2) is 0 Å². The molecule has 0 saturated carbocycles. The van der Waals surface area contributed by atoms with Gasteiger partial charge in [0.25, 0.3) is 5.91 Å². The van der Waals surface area contributed by atoms with E-state index in [2.05, 4.69) is 0 Å². The van der Waals surface area contributed by atoms with Crippen LogP contribution in [0, 0.1) is 6.92 Å². The number of hydrogen-bond acceptors (Lipinski definition) is 3. The van der Waals surface area contributed by atoms with Gasteiger partial charge in [-0.1, -0.05) is 18.9 Å². The summed E-state index contributed by atoms with van der Waals surface area (Å²) in [4.78, 5) is 14.3. The van der Waals surface area contributed by atoms with Crippen molar-refractivity contribution in [2.75, 3.05) is 13.1 Å². The molecular weight excluding hydrogens is 254 g/mol. The van der Waals surface area contributed by atoms with Crippen LogP contribution < -0.4 is 4.74 Å². The van der Waals surface area contributed by atoms with E-state index in [0.717, 1.165) is 25.9 Å². The minimum atomic E-state index is -0.520. The van der Waals surface area contributed by atoms with E-state index in [1.54, 1.807) is 32.0 Å². The standard InChI is InChI=1S/C16H23NO3/c1-12-14(18)8-7-9-15(12)20-13(2)16(19)17-10-5-3-4-6-11-17/h7-9,13,18H,3-6,10-11H2,1-2H3. The number of phenolic OH excluding ortho intramolecular Hbond substituents is 1. The van der Waals surface area contributed by atoms with Crippen molar-refractivity contribution >= 4 is 5.91 Å². The van der Waals surface area contributed by atoms with E-state index < -0.39 is 6.10 Å². The maximum atomic E-state index is 12.4. The highest BCUT2D eigenvalue weighted by molar-refractivity contribution is 5.81. The maximum absolute atomic E-state index is 12.4. The van der Waals surface area contributed by atoms with Crippen molar-refractivity contribution in [3.63, 3.8) is 0 Å². The minimum Gasteiger partial charge on any atom is -0.508 e. The molecule has 0 aliphatic carbocycles. The Morgan fingerprint density at radius 2 is 1.90 bits per heavy atom. The zero-order valence-electron chi connectivity index (χ0n) is 12.3. The summed E-state index contributed by atoms with van der Waals surface area (Å²) in [5.41, 5.74) is 0.669. The summed E-state index contributed by atoms with van der Waals surface area (Å²) in [5, 5.41) is 9.66. The number of aromatic hydroxyl groups is 1. The lowest BCUT2D eigenvalue weighted by molar-refractivity contribution is -0.137. The van der Waals surface area contributed by atoms with Crippen LogP contribution in [-0.2, 0) is 4.79 Å². The van der Waals surface area contributed by atoms with Crippen molar-refractivity contribution in [3.05, 3.63) is 23.8 Å². The van der Waals surface area contributed by atoms with Crippen LogP contribution in [0.1, 0.15) is 38.2 Å². The van der Waals surface area contributed by atoms with Gasteiger partial charge in [-0.2, -0.15) is 0 Å². The van der Waals surface area contributed by atoms with Crippen LogP contribution in [0.5, 0.6) is 11.5 Å². The summed E-state index contributed by atoms with van der Waals surface area (Å²) in [6, 6.07) is 5.12. The third-order valence-electron chi connectivity index (χ3n) is 3.82. The maximum Gasteiger partial charge on any atom is 0.263 e. The second-order valence-corrected chi connectivity index (χ2v) is 5.40. The lowest BCUT2D eigenvalue weighted by Gasteiger charge is -2.25. The summed E-state index contributed by atoms with van der Waals surface area (Å²) in [5.74, 6) is 0.798. The van der Waals surface area contributed by atoms with Crippen molar-refractivity contribution in [1.82, 2.24) is 4.90 Å². The number of ether oxygens (including phenoxy) is 1. The van der Waals surface area contributed by atoms with Crippen molar-refractivity contribution in [3.8, 4) is 11.5 Å². The largest absolute Gasteiger partial charge is 0.508 e. The first-order valence-corrected chi connectivity index (χ1v) is 7.33. The van der Waals surface area contributed by atoms with Gasteiger partial charge >= 0.3 is 0 Å². The van der Waals surface area contributed by atoms with Crippen LogP contribution >= 0.6 is 0 Å². The molecule has 1 aromatic rings. The first kappa shape index (κ1) is 14.7. The Bertz CT molecular complexity index is 465. The predicted molar refractivity (Wildman–Crippen MR) is 78.0 cm³/mol. The highest BCUT2D eigenvalue weighted by atomic mass is 16.5. The molecule has 1 aromatic carbocycles. The van der Waals surface area contributed by atoms with Gasteiger partial charge in [0, 0.05) is 18.7 Å². The summed E-state index contributed by atoms with van der Waals surface area (Å²) >= 11 is 0. The Balaban J connectivity index is 2.01. The second-order valence-electron chi connectivity index (χ2n) is 5.40. The Morgan fingerprint density at radius 3 is 2.55 bits per heavy atom. The lowest BCUT2D eigenvalue weighted by Crippen LogP contribution is -2.41. The number of hydrogen-bond donors (Lipinski definition) is 1. The Kier molecular flexibility index (Phi) is 4.88. The molecule has 1 heterocycles. The van der Waals surface area contributed by atoms with E-state index in [1.165, 1.54) is 12.8 Å². The van der Waals surface area contributed by atoms with Gasteiger partial charge in [-0.3, -0.25) is 4.79 Å². The van der Waals surface area contributed by atoms with E-state index in [-0.39, 0.29) is 11.7 Å². The van der Waals surface area contributed by atoms with Gasteiger partial charge in [0.1, 0.15) is 11.5 Å². The number of nitrogens with zero attached hydrogens (tertiary/aromatic N) is 1. The average Bonchev–Trinajstić information content (AvgIpc) is 2.72. The zero-order valence-corrected chi connectivity index (χ0v) is 12.3. The number of carbonyl (C=O) groups is 1. The smallest absolute Gasteiger partial charge is 0.263 e. The fourth-order valence-electron chi connectivity index (χ4n) is 2.52. The zero-order chi connectivity index (χ0) is 14.5. The van der Waals surface area contributed by atoms with E-state index >= 15 is 0 Å². The van der Waals surface area contributed by atoms with Gasteiger partial charge in [0.15, 0.2) is 6.10 Å². The minimum absolute atomic E-state index is 0.0367. The second kappa shape index (κ2) is 6.64. The molecule has 4 heteroatoms. The predicted octanol–water partition coefficient (Wildman–Crippen LogP) is 2.87. The monoisotopic (exact) mass is 277 g/mol. The molecule has 4 nitrogen and oxygen atoms in total. The fourth-order valence-corrected chi connectivity index (χ4v) is 2.52. The molecule has 2 rings (SSSR count). The Labute approximate surface area is 120 Å². The van der Waals surface area contributed by atoms with Crippen molar-refractivity contribution in [2.45, 2.75) is 45.6 Å². The molecule has 1 unspecified atom stereocenters. The highest BCUT2D eigenvalue weighted by Crippen LogP contribution is 2.27. The van der Waals surface area contributed by atoms with E-state index in [9.17, 15) is 9.90 Å².